The Labute approximate surface area is 271 Å². The maximum atomic E-state index is 15.4. The van der Waals surface area contributed by atoms with Crippen LogP contribution in [-0.2, 0) is 20.2 Å². The lowest BCUT2D eigenvalue weighted by atomic mass is 9.67. The number of para-hydroxylation sites is 1. The van der Waals surface area contributed by atoms with E-state index in [4.69, 9.17) is 4.74 Å². The van der Waals surface area contributed by atoms with E-state index in [0.29, 0.717) is 10.8 Å². The van der Waals surface area contributed by atoms with Gasteiger partial charge in [0.15, 0.2) is 0 Å². The van der Waals surface area contributed by atoms with Gasteiger partial charge in [0.05, 0.1) is 46.5 Å². The van der Waals surface area contributed by atoms with Crippen LogP contribution in [-0.4, -0.2) is 67.7 Å². The minimum Gasteiger partial charge on any atom is -0.494 e. The summed E-state index contributed by atoms with van der Waals surface area (Å²) in [5.74, 6) is -0.660. The number of benzene rings is 3. The number of nitrogens with zero attached hydrogens (tertiary/aromatic N) is 6. The van der Waals surface area contributed by atoms with E-state index in [2.05, 4.69) is 11.1 Å². The molecule has 2 unspecified atom stereocenters. The molecular weight excluding hydrogens is 620 g/mol. The van der Waals surface area contributed by atoms with E-state index in [9.17, 15) is 28.8 Å². The standard InChI is InChI=1S/C34H28N6O6S/c1-2-46-30-6-4-3-5-27(30)34(31-22-38(17-18-39(31)33(42)43)25-13-15-37-16-14-25)28-19-24(21-36)9-12-29(28)40(32(34)41)47(44,45)26-10-7-23(20-35)8-11-26/h3-16,19,31H,2,17-18,22H2,1H3,(H,42,43). The van der Waals surface area contributed by atoms with Gasteiger partial charge in [-0.15, -0.1) is 0 Å². The van der Waals surface area contributed by atoms with E-state index < -0.39 is 33.5 Å². The Balaban J connectivity index is 1.68. The Morgan fingerprint density at radius 3 is 2.32 bits per heavy atom. The summed E-state index contributed by atoms with van der Waals surface area (Å²) in [6, 6.07) is 22.5. The van der Waals surface area contributed by atoms with Crippen molar-refractivity contribution in [2.75, 3.05) is 35.4 Å². The highest BCUT2D eigenvalue weighted by molar-refractivity contribution is 7.93. The summed E-state index contributed by atoms with van der Waals surface area (Å²) in [7, 11) is -4.63. The van der Waals surface area contributed by atoms with Crippen LogP contribution in [0.1, 0.15) is 29.2 Å². The molecule has 47 heavy (non-hydrogen) atoms. The fourth-order valence-corrected chi connectivity index (χ4v) is 8.01. The highest BCUT2D eigenvalue weighted by Gasteiger charge is 2.63. The van der Waals surface area contributed by atoms with Crippen LogP contribution in [0, 0.1) is 22.7 Å². The first-order valence-corrected chi connectivity index (χ1v) is 16.1. The van der Waals surface area contributed by atoms with Crippen LogP contribution in [0.5, 0.6) is 5.75 Å². The molecule has 0 spiro atoms. The molecule has 1 fully saturated rings. The highest BCUT2D eigenvalue weighted by atomic mass is 32.2. The van der Waals surface area contributed by atoms with Gasteiger partial charge in [-0.2, -0.15) is 10.5 Å². The van der Waals surface area contributed by atoms with E-state index in [0.717, 1.165) is 5.69 Å². The number of carbonyl (C=O) groups excluding carboxylic acids is 1. The Morgan fingerprint density at radius 1 is 0.979 bits per heavy atom. The Bertz CT molecular complexity index is 2060. The lowest BCUT2D eigenvalue weighted by molar-refractivity contribution is -0.122. The summed E-state index contributed by atoms with van der Waals surface area (Å²) in [4.78, 5) is 35.3. The van der Waals surface area contributed by atoms with Crippen LogP contribution in [0.3, 0.4) is 0 Å². The highest BCUT2D eigenvalue weighted by Crippen LogP contribution is 2.54. The fourth-order valence-electron chi connectivity index (χ4n) is 6.54. The summed E-state index contributed by atoms with van der Waals surface area (Å²) in [5.41, 5.74) is -0.481. The second-order valence-electron chi connectivity index (χ2n) is 10.9. The number of aromatic nitrogens is 1. The zero-order valence-corrected chi connectivity index (χ0v) is 26.0. The SMILES string of the molecule is CCOc1ccccc1C1(C2CN(c3ccncc3)CCN2C(=O)O)C(=O)N(S(=O)(=O)c2ccc(C#N)cc2)c2ccc(C#N)cc21. The zero-order valence-electron chi connectivity index (χ0n) is 25.1. The van der Waals surface area contributed by atoms with Gasteiger partial charge in [-0.3, -0.25) is 9.78 Å². The first-order valence-electron chi connectivity index (χ1n) is 14.7. The molecule has 236 valence electrons. The van der Waals surface area contributed by atoms with Crippen LogP contribution < -0.4 is 13.9 Å². The largest absolute Gasteiger partial charge is 0.494 e. The molecule has 2 atom stereocenters. The number of anilines is 2. The summed E-state index contributed by atoms with van der Waals surface area (Å²) in [6.07, 6.45) is 1.92. The molecular formula is C34H28N6O6S. The van der Waals surface area contributed by atoms with Crippen LogP contribution in [0.4, 0.5) is 16.2 Å². The molecule has 0 radical (unpaired) electrons. The van der Waals surface area contributed by atoms with Crippen molar-refractivity contribution in [1.29, 1.82) is 10.5 Å². The number of nitriles is 2. The van der Waals surface area contributed by atoms with Crippen molar-refractivity contribution in [2.45, 2.75) is 23.3 Å². The number of sulfonamides is 1. The average Bonchev–Trinajstić information content (AvgIpc) is 3.36. The third-order valence-electron chi connectivity index (χ3n) is 8.58. The topological polar surface area (TPSA) is 168 Å². The van der Waals surface area contributed by atoms with Crippen molar-refractivity contribution in [3.63, 3.8) is 0 Å². The number of fused-ring (bicyclic) bond motifs is 1. The molecule has 0 saturated carbocycles. The quantitative estimate of drug-likeness (QED) is 0.308. The second kappa shape index (κ2) is 12.1. The number of pyridine rings is 1. The van der Waals surface area contributed by atoms with E-state index in [1.54, 1.807) is 55.7 Å². The summed E-state index contributed by atoms with van der Waals surface area (Å²) < 4.78 is 35.6. The van der Waals surface area contributed by atoms with Gasteiger partial charge in [0.1, 0.15) is 11.2 Å². The van der Waals surface area contributed by atoms with Crippen LogP contribution in [0.25, 0.3) is 0 Å². The van der Waals surface area contributed by atoms with Crippen molar-refractivity contribution in [2.24, 2.45) is 0 Å². The van der Waals surface area contributed by atoms with Gasteiger partial charge in [0, 0.05) is 48.8 Å². The number of carboxylic acid groups (broad SMARTS) is 1. The molecule has 1 N–H and O–H groups in total. The number of rotatable bonds is 7. The number of carbonyl (C=O) groups is 2. The Kier molecular flexibility index (Phi) is 8.01. The van der Waals surface area contributed by atoms with E-state index in [1.807, 2.05) is 11.0 Å². The molecule has 0 bridgehead atoms. The molecule has 3 heterocycles. The van der Waals surface area contributed by atoms with E-state index >= 15 is 4.79 Å². The molecule has 12 nitrogen and oxygen atoms in total. The molecule has 2 aliphatic rings. The fraction of sp³-hybridized carbons (Fsp3) is 0.206. The van der Waals surface area contributed by atoms with Gasteiger partial charge >= 0.3 is 6.09 Å². The van der Waals surface area contributed by atoms with Crippen LogP contribution in [0.2, 0.25) is 0 Å². The zero-order chi connectivity index (χ0) is 33.3. The number of ether oxygens (including phenoxy) is 1. The van der Waals surface area contributed by atoms with E-state index in [1.165, 1.54) is 47.4 Å². The van der Waals surface area contributed by atoms with Crippen LogP contribution in [0.15, 0.2) is 96.2 Å². The number of piperazine rings is 1. The minimum absolute atomic E-state index is 0.0101. The normalized spacial score (nSPS) is 19.1. The Hall–Kier alpha value is -5.92. The van der Waals surface area contributed by atoms with Gasteiger partial charge in [-0.05, 0) is 67.6 Å². The third-order valence-corrected chi connectivity index (χ3v) is 10.3. The van der Waals surface area contributed by atoms with Gasteiger partial charge in [-0.25, -0.2) is 17.5 Å². The molecule has 0 aliphatic carbocycles. The first kappa shape index (κ1) is 31.1. The van der Waals surface area contributed by atoms with Crippen molar-refractivity contribution in [1.82, 2.24) is 9.88 Å². The van der Waals surface area contributed by atoms with Gasteiger partial charge < -0.3 is 19.6 Å². The van der Waals surface area contributed by atoms with Gasteiger partial charge in [0.25, 0.3) is 15.9 Å². The molecule has 4 aromatic rings. The van der Waals surface area contributed by atoms with Crippen molar-refractivity contribution < 1.29 is 27.9 Å². The summed E-state index contributed by atoms with van der Waals surface area (Å²) >= 11 is 0. The lowest BCUT2D eigenvalue weighted by Gasteiger charge is -2.48. The molecule has 1 saturated heterocycles. The van der Waals surface area contributed by atoms with Crippen molar-refractivity contribution >= 4 is 33.4 Å². The smallest absolute Gasteiger partial charge is 0.407 e. The maximum Gasteiger partial charge on any atom is 0.407 e. The first-order chi connectivity index (χ1) is 22.7. The van der Waals surface area contributed by atoms with E-state index in [-0.39, 0.29) is 58.3 Å². The van der Waals surface area contributed by atoms with Crippen LogP contribution >= 0.6 is 0 Å². The predicted octanol–water partition coefficient (Wildman–Crippen LogP) is 4.11. The summed E-state index contributed by atoms with van der Waals surface area (Å²) in [6.45, 7) is 2.24. The van der Waals surface area contributed by atoms with Crippen molar-refractivity contribution in [3.8, 4) is 17.9 Å². The molecule has 1 aromatic heterocycles. The molecule has 3 aromatic carbocycles. The molecule has 2 amide bonds. The number of hydrogen-bond acceptors (Lipinski definition) is 9. The Morgan fingerprint density at radius 2 is 1.66 bits per heavy atom. The van der Waals surface area contributed by atoms with Crippen molar-refractivity contribution in [3.05, 3.63) is 114 Å². The predicted molar refractivity (Wildman–Crippen MR) is 170 cm³/mol. The molecule has 2 aliphatic heterocycles. The maximum absolute atomic E-state index is 15.4. The van der Waals surface area contributed by atoms with Gasteiger partial charge in [-0.1, -0.05) is 18.2 Å². The number of hydrogen-bond donors (Lipinski definition) is 1. The lowest BCUT2D eigenvalue weighted by Crippen LogP contribution is -2.66. The minimum atomic E-state index is -4.63. The summed E-state index contributed by atoms with van der Waals surface area (Å²) in [5, 5.41) is 29.8. The second-order valence-corrected chi connectivity index (χ2v) is 12.7. The molecule has 13 heteroatoms. The third kappa shape index (κ3) is 4.98. The average molecular weight is 649 g/mol. The molecule has 6 rings (SSSR count). The number of amides is 2. The van der Waals surface area contributed by atoms with Gasteiger partial charge in [0.2, 0.25) is 0 Å². The monoisotopic (exact) mass is 648 g/mol.